The summed E-state index contributed by atoms with van der Waals surface area (Å²) in [6.07, 6.45) is 4.83. The number of aryl methyl sites for hydroxylation is 3. The van der Waals surface area contributed by atoms with E-state index in [0.717, 1.165) is 17.0 Å². The van der Waals surface area contributed by atoms with Crippen molar-refractivity contribution in [3.05, 3.63) is 53.6 Å². The summed E-state index contributed by atoms with van der Waals surface area (Å²) in [6.45, 7) is 1.95. The molecule has 0 radical (unpaired) electrons. The third kappa shape index (κ3) is 3.02. The third-order valence-electron chi connectivity index (χ3n) is 3.44. The number of benzene rings is 1. The van der Waals surface area contributed by atoms with Gasteiger partial charge in [0, 0.05) is 25.9 Å². The maximum Gasteiger partial charge on any atom is 0.310 e. The Morgan fingerprint density at radius 3 is 2.74 bits per heavy atom. The molecule has 1 atom stereocenters. The van der Waals surface area contributed by atoms with Crippen LogP contribution in [0.1, 0.15) is 29.3 Å². The van der Waals surface area contributed by atoms with Gasteiger partial charge in [-0.1, -0.05) is 24.3 Å². The van der Waals surface area contributed by atoms with Gasteiger partial charge in [0.25, 0.3) is 0 Å². The highest BCUT2D eigenvalue weighted by Crippen LogP contribution is 2.24. The second-order valence-electron chi connectivity index (χ2n) is 4.74. The van der Waals surface area contributed by atoms with Crippen LogP contribution in [0.4, 0.5) is 0 Å². The Bertz CT molecular complexity index is 575. The van der Waals surface area contributed by atoms with Crippen molar-refractivity contribution in [2.75, 3.05) is 0 Å². The van der Waals surface area contributed by atoms with Gasteiger partial charge in [-0.15, -0.1) is 0 Å². The Kier molecular flexibility index (Phi) is 4.00. The first-order valence-electron chi connectivity index (χ1n) is 6.34. The van der Waals surface area contributed by atoms with E-state index in [1.54, 1.807) is 6.20 Å². The monoisotopic (exact) mass is 258 g/mol. The Labute approximate surface area is 112 Å². The van der Waals surface area contributed by atoms with E-state index in [1.807, 2.05) is 49.0 Å². The van der Waals surface area contributed by atoms with E-state index in [0.29, 0.717) is 12.8 Å². The van der Waals surface area contributed by atoms with Gasteiger partial charge in [-0.2, -0.15) is 0 Å². The number of aromatic nitrogens is 2. The minimum Gasteiger partial charge on any atom is -0.481 e. The highest BCUT2D eigenvalue weighted by molar-refractivity contribution is 5.76. The third-order valence-corrected chi connectivity index (χ3v) is 3.44. The zero-order valence-corrected chi connectivity index (χ0v) is 11.2. The number of rotatable bonds is 5. The van der Waals surface area contributed by atoms with Crippen molar-refractivity contribution in [2.24, 2.45) is 7.05 Å². The topological polar surface area (TPSA) is 55.1 Å². The number of aliphatic carboxylic acids is 1. The molecule has 2 rings (SSSR count). The van der Waals surface area contributed by atoms with Crippen LogP contribution in [0.15, 0.2) is 36.7 Å². The Hall–Kier alpha value is -2.10. The summed E-state index contributed by atoms with van der Waals surface area (Å²) in [5.74, 6) is -0.332. The number of nitrogens with zero attached hydrogens (tertiary/aromatic N) is 2. The second kappa shape index (κ2) is 5.69. The molecule has 4 heteroatoms. The molecular formula is C15H18N2O2. The van der Waals surface area contributed by atoms with Crippen LogP contribution in [0.2, 0.25) is 0 Å². The van der Waals surface area contributed by atoms with Crippen LogP contribution in [-0.4, -0.2) is 20.6 Å². The first-order chi connectivity index (χ1) is 9.09. The summed E-state index contributed by atoms with van der Waals surface area (Å²) < 4.78 is 1.93. The highest BCUT2D eigenvalue weighted by Gasteiger charge is 2.21. The molecule has 0 bridgehead atoms. The number of imidazole rings is 1. The number of hydrogen-bond donors (Lipinski definition) is 1. The molecule has 19 heavy (non-hydrogen) atoms. The van der Waals surface area contributed by atoms with Crippen LogP contribution in [0, 0.1) is 6.92 Å². The predicted molar refractivity (Wildman–Crippen MR) is 73.1 cm³/mol. The van der Waals surface area contributed by atoms with E-state index >= 15 is 0 Å². The molecule has 2 aromatic rings. The van der Waals surface area contributed by atoms with Gasteiger partial charge >= 0.3 is 5.97 Å². The van der Waals surface area contributed by atoms with Gasteiger partial charge in [0.05, 0.1) is 5.92 Å². The van der Waals surface area contributed by atoms with Crippen LogP contribution in [0.3, 0.4) is 0 Å². The Balaban J connectivity index is 2.16. The van der Waals surface area contributed by atoms with Gasteiger partial charge in [0.15, 0.2) is 0 Å². The summed E-state index contributed by atoms with van der Waals surface area (Å²) in [5.41, 5.74) is 1.92. The summed E-state index contributed by atoms with van der Waals surface area (Å²) in [7, 11) is 1.92. The van der Waals surface area contributed by atoms with Crippen LogP contribution in [0.5, 0.6) is 0 Å². The molecule has 1 N–H and O–H groups in total. The van der Waals surface area contributed by atoms with Crippen molar-refractivity contribution in [3.8, 4) is 0 Å². The quantitative estimate of drug-likeness (QED) is 0.896. The van der Waals surface area contributed by atoms with Crippen molar-refractivity contribution in [3.63, 3.8) is 0 Å². The van der Waals surface area contributed by atoms with Gasteiger partial charge in [0.1, 0.15) is 5.82 Å². The molecule has 1 unspecified atom stereocenters. The van der Waals surface area contributed by atoms with Gasteiger partial charge in [0.2, 0.25) is 0 Å². The van der Waals surface area contributed by atoms with Gasteiger partial charge in [-0.25, -0.2) is 4.98 Å². The van der Waals surface area contributed by atoms with E-state index in [2.05, 4.69) is 4.98 Å². The van der Waals surface area contributed by atoms with E-state index in [9.17, 15) is 9.90 Å². The minimum absolute atomic E-state index is 0.474. The molecule has 100 valence electrons. The predicted octanol–water partition coefficient (Wildman–Crippen LogP) is 2.53. The number of carboxylic acid groups (broad SMARTS) is 1. The van der Waals surface area contributed by atoms with Gasteiger partial charge in [-0.3, -0.25) is 4.79 Å². The molecule has 1 aromatic carbocycles. The molecule has 0 saturated carbocycles. The molecule has 0 spiro atoms. The van der Waals surface area contributed by atoms with Crippen molar-refractivity contribution in [1.82, 2.24) is 9.55 Å². The minimum atomic E-state index is -0.775. The summed E-state index contributed by atoms with van der Waals surface area (Å²) in [4.78, 5) is 15.7. The lowest BCUT2D eigenvalue weighted by atomic mass is 9.91. The average Bonchev–Trinajstić information content (AvgIpc) is 2.77. The fourth-order valence-corrected chi connectivity index (χ4v) is 2.30. The number of hydrogen-bond acceptors (Lipinski definition) is 2. The smallest absolute Gasteiger partial charge is 0.310 e. The van der Waals surface area contributed by atoms with Gasteiger partial charge in [-0.05, 0) is 24.5 Å². The highest BCUT2D eigenvalue weighted by atomic mass is 16.4. The SMILES string of the molecule is Cc1ccccc1C(CCc1nccn1C)C(=O)O. The van der Waals surface area contributed by atoms with Crippen LogP contribution in [-0.2, 0) is 18.3 Å². The van der Waals surface area contributed by atoms with Gasteiger partial charge < -0.3 is 9.67 Å². The fraction of sp³-hybridized carbons (Fsp3) is 0.333. The zero-order chi connectivity index (χ0) is 13.8. The molecule has 0 fully saturated rings. The van der Waals surface area contributed by atoms with E-state index in [4.69, 9.17) is 0 Å². The van der Waals surface area contributed by atoms with Crippen molar-refractivity contribution in [1.29, 1.82) is 0 Å². The van der Waals surface area contributed by atoms with Crippen molar-refractivity contribution < 1.29 is 9.90 Å². The first-order valence-corrected chi connectivity index (χ1v) is 6.34. The van der Waals surface area contributed by atoms with Crippen LogP contribution >= 0.6 is 0 Å². The molecule has 1 heterocycles. The summed E-state index contributed by atoms with van der Waals surface area (Å²) in [6, 6.07) is 7.66. The lowest BCUT2D eigenvalue weighted by molar-refractivity contribution is -0.139. The maximum absolute atomic E-state index is 11.5. The zero-order valence-electron chi connectivity index (χ0n) is 11.2. The largest absolute Gasteiger partial charge is 0.481 e. The first kappa shape index (κ1) is 13.3. The van der Waals surface area contributed by atoms with E-state index in [-0.39, 0.29) is 0 Å². The maximum atomic E-state index is 11.5. The number of carbonyl (C=O) groups is 1. The number of carboxylic acids is 1. The molecule has 1 aromatic heterocycles. The average molecular weight is 258 g/mol. The molecule has 4 nitrogen and oxygen atoms in total. The molecule has 0 aliphatic rings. The lowest BCUT2D eigenvalue weighted by Crippen LogP contribution is -2.14. The van der Waals surface area contributed by atoms with Crippen LogP contribution < -0.4 is 0 Å². The summed E-state index contributed by atoms with van der Waals surface area (Å²) >= 11 is 0. The molecule has 0 saturated heterocycles. The standard InChI is InChI=1S/C15H18N2O2/c1-11-5-3-4-6-12(11)13(15(18)19)7-8-14-16-9-10-17(14)2/h3-6,9-10,13H,7-8H2,1-2H3,(H,18,19). The van der Waals surface area contributed by atoms with E-state index in [1.165, 1.54) is 0 Å². The molecule has 0 amide bonds. The Morgan fingerprint density at radius 1 is 1.42 bits per heavy atom. The molecule has 0 aliphatic carbocycles. The van der Waals surface area contributed by atoms with Crippen molar-refractivity contribution in [2.45, 2.75) is 25.7 Å². The molecule has 0 aliphatic heterocycles. The normalized spacial score (nSPS) is 12.3. The van der Waals surface area contributed by atoms with E-state index < -0.39 is 11.9 Å². The second-order valence-corrected chi connectivity index (χ2v) is 4.74. The fourth-order valence-electron chi connectivity index (χ4n) is 2.30. The van der Waals surface area contributed by atoms with Crippen LogP contribution in [0.25, 0.3) is 0 Å². The lowest BCUT2D eigenvalue weighted by Gasteiger charge is -2.15. The summed E-state index contributed by atoms with van der Waals surface area (Å²) in [5, 5.41) is 9.42. The Morgan fingerprint density at radius 2 is 2.16 bits per heavy atom. The van der Waals surface area contributed by atoms with Crippen molar-refractivity contribution >= 4 is 5.97 Å². The molecular weight excluding hydrogens is 240 g/mol.